The maximum absolute atomic E-state index is 12.0. The van der Waals surface area contributed by atoms with E-state index in [1.54, 1.807) is 13.8 Å². The summed E-state index contributed by atoms with van der Waals surface area (Å²) in [6.45, 7) is 11.5. The number of carbonyl (C=O) groups excluding carboxylic acids is 1. The number of benzene rings is 1. The lowest BCUT2D eigenvalue weighted by Gasteiger charge is -2.23. The van der Waals surface area contributed by atoms with Crippen LogP contribution in [-0.2, 0) is 15.0 Å². The number of hydrogen-bond acceptors (Lipinski definition) is 3. The molecule has 1 rings (SSSR count). The van der Waals surface area contributed by atoms with E-state index in [-0.39, 0.29) is 17.9 Å². The van der Waals surface area contributed by atoms with Crippen molar-refractivity contribution in [2.24, 2.45) is 5.92 Å². The molecule has 0 saturated carbocycles. The quantitative estimate of drug-likeness (QED) is 0.845. The van der Waals surface area contributed by atoms with Gasteiger partial charge >= 0.3 is 5.97 Å². The second kappa shape index (κ2) is 7.49. The second-order valence-electron chi connectivity index (χ2n) is 7.17. The van der Waals surface area contributed by atoms with E-state index in [1.165, 1.54) is 0 Å². The van der Waals surface area contributed by atoms with Crippen LogP contribution >= 0.6 is 0 Å². The van der Waals surface area contributed by atoms with Gasteiger partial charge in [0.25, 0.3) is 5.91 Å². The number of aliphatic carboxylic acids is 1. The number of ether oxygens (including phenoxy) is 1. The van der Waals surface area contributed by atoms with E-state index in [9.17, 15) is 9.59 Å². The summed E-state index contributed by atoms with van der Waals surface area (Å²) in [5.74, 6) is -1.02. The molecule has 0 aromatic heterocycles. The number of carboxylic acids is 1. The SMILES string of the molecule is Cc1ccc(C(C)(C)C)c(OCC(=O)N[C@H](C(=O)O)C(C)C)c1. The maximum Gasteiger partial charge on any atom is 0.326 e. The van der Waals surface area contributed by atoms with E-state index in [0.29, 0.717) is 5.75 Å². The van der Waals surface area contributed by atoms with Gasteiger partial charge in [0.2, 0.25) is 0 Å². The standard InChI is InChI=1S/C18H27NO4/c1-11(2)16(17(21)22)19-15(20)10-23-14-9-12(3)7-8-13(14)18(4,5)6/h7-9,11,16H,10H2,1-6H3,(H,19,20)(H,21,22)/t16-/m0/s1. The van der Waals surface area contributed by atoms with Crippen molar-refractivity contribution in [2.75, 3.05) is 6.61 Å². The molecule has 128 valence electrons. The van der Waals surface area contributed by atoms with Gasteiger partial charge in [0.05, 0.1) is 0 Å². The Morgan fingerprint density at radius 3 is 2.35 bits per heavy atom. The third-order valence-electron chi connectivity index (χ3n) is 3.55. The molecule has 0 aliphatic rings. The van der Waals surface area contributed by atoms with Crippen molar-refractivity contribution in [3.8, 4) is 5.75 Å². The van der Waals surface area contributed by atoms with Crippen molar-refractivity contribution in [1.82, 2.24) is 5.32 Å². The van der Waals surface area contributed by atoms with E-state index in [2.05, 4.69) is 26.1 Å². The molecule has 0 aliphatic carbocycles. The average Bonchev–Trinajstić information content (AvgIpc) is 2.40. The molecule has 5 heteroatoms. The van der Waals surface area contributed by atoms with Gasteiger partial charge in [-0.05, 0) is 35.4 Å². The van der Waals surface area contributed by atoms with Gasteiger partial charge in [-0.1, -0.05) is 46.8 Å². The Hall–Kier alpha value is -2.04. The molecular weight excluding hydrogens is 294 g/mol. The summed E-state index contributed by atoms with van der Waals surface area (Å²) >= 11 is 0. The molecule has 0 radical (unpaired) electrons. The first-order valence-corrected chi connectivity index (χ1v) is 7.78. The molecule has 1 atom stereocenters. The highest BCUT2D eigenvalue weighted by atomic mass is 16.5. The third kappa shape index (κ3) is 5.58. The van der Waals surface area contributed by atoms with Gasteiger partial charge in [-0.3, -0.25) is 4.79 Å². The molecule has 0 saturated heterocycles. The van der Waals surface area contributed by atoms with Crippen LogP contribution in [0.4, 0.5) is 0 Å². The smallest absolute Gasteiger partial charge is 0.326 e. The van der Waals surface area contributed by atoms with Gasteiger partial charge in [0, 0.05) is 0 Å². The molecule has 1 amide bonds. The Morgan fingerprint density at radius 1 is 1.26 bits per heavy atom. The predicted molar refractivity (Wildman–Crippen MR) is 89.8 cm³/mol. The van der Waals surface area contributed by atoms with Crippen molar-refractivity contribution in [1.29, 1.82) is 0 Å². The van der Waals surface area contributed by atoms with Gasteiger partial charge in [0.1, 0.15) is 11.8 Å². The minimum Gasteiger partial charge on any atom is -0.483 e. The Bertz CT molecular complexity index is 573. The first-order valence-electron chi connectivity index (χ1n) is 7.78. The van der Waals surface area contributed by atoms with Crippen LogP contribution in [0.5, 0.6) is 5.75 Å². The summed E-state index contributed by atoms with van der Waals surface area (Å²) in [7, 11) is 0. The highest BCUT2D eigenvalue weighted by Gasteiger charge is 2.24. The first-order chi connectivity index (χ1) is 10.5. The van der Waals surface area contributed by atoms with Crippen molar-refractivity contribution in [2.45, 2.75) is 53.0 Å². The molecule has 23 heavy (non-hydrogen) atoms. The number of carbonyl (C=O) groups is 2. The maximum atomic E-state index is 12.0. The topological polar surface area (TPSA) is 75.6 Å². The van der Waals surface area contributed by atoms with Crippen LogP contribution in [0.3, 0.4) is 0 Å². The predicted octanol–water partition coefficient (Wildman–Crippen LogP) is 2.90. The van der Waals surface area contributed by atoms with Crippen molar-refractivity contribution < 1.29 is 19.4 Å². The molecule has 0 aliphatic heterocycles. The van der Waals surface area contributed by atoms with Crippen LogP contribution in [0, 0.1) is 12.8 Å². The lowest BCUT2D eigenvalue weighted by Crippen LogP contribution is -2.46. The minimum absolute atomic E-state index is 0.110. The Kier molecular flexibility index (Phi) is 6.19. The molecule has 0 spiro atoms. The molecule has 0 heterocycles. The fourth-order valence-corrected chi connectivity index (χ4v) is 2.24. The number of nitrogens with one attached hydrogen (secondary N) is 1. The van der Waals surface area contributed by atoms with Gasteiger partial charge < -0.3 is 15.2 Å². The monoisotopic (exact) mass is 321 g/mol. The van der Waals surface area contributed by atoms with E-state index in [1.807, 2.05) is 25.1 Å². The van der Waals surface area contributed by atoms with Gasteiger partial charge in [-0.15, -0.1) is 0 Å². The fraction of sp³-hybridized carbons (Fsp3) is 0.556. The molecule has 1 aromatic carbocycles. The van der Waals surface area contributed by atoms with Crippen molar-refractivity contribution in [3.63, 3.8) is 0 Å². The third-order valence-corrected chi connectivity index (χ3v) is 3.55. The molecule has 0 unspecified atom stereocenters. The summed E-state index contributed by atoms with van der Waals surface area (Å²) in [5, 5.41) is 11.6. The normalized spacial score (nSPS) is 12.8. The van der Waals surface area contributed by atoms with E-state index < -0.39 is 17.9 Å². The minimum atomic E-state index is -1.04. The number of aryl methyl sites for hydroxylation is 1. The largest absolute Gasteiger partial charge is 0.483 e. The van der Waals surface area contributed by atoms with Crippen LogP contribution < -0.4 is 10.1 Å². The molecule has 5 nitrogen and oxygen atoms in total. The van der Waals surface area contributed by atoms with E-state index >= 15 is 0 Å². The Balaban J connectivity index is 2.80. The highest BCUT2D eigenvalue weighted by Crippen LogP contribution is 2.32. The van der Waals surface area contributed by atoms with Crippen LogP contribution in [0.25, 0.3) is 0 Å². The molecule has 0 bridgehead atoms. The van der Waals surface area contributed by atoms with Gasteiger partial charge in [-0.25, -0.2) is 4.79 Å². The average molecular weight is 321 g/mol. The lowest BCUT2D eigenvalue weighted by molar-refractivity contribution is -0.143. The number of rotatable bonds is 6. The highest BCUT2D eigenvalue weighted by molar-refractivity contribution is 5.84. The summed E-state index contributed by atoms with van der Waals surface area (Å²) in [6.07, 6.45) is 0. The molecule has 1 aromatic rings. The summed E-state index contributed by atoms with van der Waals surface area (Å²) < 4.78 is 5.66. The molecule has 0 fully saturated rings. The lowest BCUT2D eigenvalue weighted by atomic mass is 9.86. The van der Waals surface area contributed by atoms with Gasteiger partial charge in [-0.2, -0.15) is 0 Å². The number of amides is 1. The molecule has 2 N–H and O–H groups in total. The Morgan fingerprint density at radius 2 is 1.87 bits per heavy atom. The van der Waals surface area contributed by atoms with Crippen LogP contribution in [0.2, 0.25) is 0 Å². The Labute approximate surface area is 138 Å². The van der Waals surface area contributed by atoms with Gasteiger partial charge in [0.15, 0.2) is 6.61 Å². The summed E-state index contributed by atoms with van der Waals surface area (Å²) in [4.78, 5) is 23.1. The van der Waals surface area contributed by atoms with Crippen LogP contribution in [-0.4, -0.2) is 29.6 Å². The fourth-order valence-electron chi connectivity index (χ4n) is 2.24. The van der Waals surface area contributed by atoms with E-state index in [4.69, 9.17) is 9.84 Å². The zero-order valence-corrected chi connectivity index (χ0v) is 14.8. The van der Waals surface area contributed by atoms with Crippen LogP contribution in [0.1, 0.15) is 45.7 Å². The van der Waals surface area contributed by atoms with Crippen LogP contribution in [0.15, 0.2) is 18.2 Å². The first kappa shape index (κ1) is 19.0. The van der Waals surface area contributed by atoms with Crippen molar-refractivity contribution in [3.05, 3.63) is 29.3 Å². The van der Waals surface area contributed by atoms with E-state index in [0.717, 1.165) is 11.1 Å². The summed E-state index contributed by atoms with van der Waals surface area (Å²) in [6, 6.07) is 4.99. The zero-order chi connectivity index (χ0) is 17.8. The number of hydrogen-bond donors (Lipinski definition) is 2. The van der Waals surface area contributed by atoms with Crippen molar-refractivity contribution >= 4 is 11.9 Å². The molecular formula is C18H27NO4. The zero-order valence-electron chi connectivity index (χ0n) is 14.8. The summed E-state index contributed by atoms with van der Waals surface area (Å²) in [5.41, 5.74) is 1.94. The second-order valence-corrected chi connectivity index (χ2v) is 7.17. The number of carboxylic acid groups (broad SMARTS) is 1.